The third-order valence-electron chi connectivity index (χ3n) is 3.56. The predicted octanol–water partition coefficient (Wildman–Crippen LogP) is 4.34. The van der Waals surface area contributed by atoms with Crippen LogP contribution in [0.2, 0.25) is 0 Å². The van der Waals surface area contributed by atoms with Gasteiger partial charge in [-0.25, -0.2) is 0 Å². The molecule has 0 aliphatic heterocycles. The van der Waals surface area contributed by atoms with Gasteiger partial charge in [0.2, 0.25) is 0 Å². The van der Waals surface area contributed by atoms with Gasteiger partial charge in [0.1, 0.15) is 0 Å². The first-order chi connectivity index (χ1) is 8.59. The van der Waals surface area contributed by atoms with Gasteiger partial charge in [0.15, 0.2) is 5.43 Å². The summed E-state index contributed by atoms with van der Waals surface area (Å²) in [5, 5.41) is 1.74. The highest BCUT2D eigenvalue weighted by atomic mass is 32.1. The summed E-state index contributed by atoms with van der Waals surface area (Å²) in [4.78, 5) is 12.6. The summed E-state index contributed by atoms with van der Waals surface area (Å²) in [7, 11) is 0. The minimum atomic E-state index is 0.170. The summed E-state index contributed by atoms with van der Waals surface area (Å²) in [6.07, 6.45) is 0. The van der Waals surface area contributed by atoms with Crippen LogP contribution in [0.1, 0.15) is 16.7 Å². The lowest BCUT2D eigenvalue weighted by atomic mass is 10.0. The number of hydrogen-bond acceptors (Lipinski definition) is 2. The molecule has 1 aromatic heterocycles. The van der Waals surface area contributed by atoms with Gasteiger partial charge >= 0.3 is 0 Å². The molecule has 0 bridgehead atoms. The van der Waals surface area contributed by atoms with Crippen molar-refractivity contribution in [3.63, 3.8) is 0 Å². The molecule has 0 amide bonds. The maximum atomic E-state index is 12.6. The van der Waals surface area contributed by atoms with Crippen molar-refractivity contribution in [1.82, 2.24) is 0 Å². The van der Waals surface area contributed by atoms with Gasteiger partial charge in [-0.1, -0.05) is 18.2 Å². The summed E-state index contributed by atoms with van der Waals surface area (Å²) in [5.74, 6) is 0. The van der Waals surface area contributed by atoms with Gasteiger partial charge in [0.25, 0.3) is 0 Å². The average molecular weight is 254 g/mol. The largest absolute Gasteiger partial charge is 0.288 e. The molecule has 2 aromatic carbocycles. The second-order valence-corrected chi connectivity index (χ2v) is 5.82. The number of aryl methyl sites for hydroxylation is 3. The monoisotopic (exact) mass is 254 g/mol. The van der Waals surface area contributed by atoms with Crippen LogP contribution in [-0.2, 0) is 0 Å². The van der Waals surface area contributed by atoms with E-state index in [0.717, 1.165) is 25.7 Å². The van der Waals surface area contributed by atoms with Crippen molar-refractivity contribution in [2.24, 2.45) is 0 Å². The fraction of sp³-hybridized carbons (Fsp3) is 0.188. The van der Waals surface area contributed by atoms with E-state index >= 15 is 0 Å². The van der Waals surface area contributed by atoms with E-state index in [0.29, 0.717) is 0 Å². The Kier molecular flexibility index (Phi) is 2.49. The van der Waals surface area contributed by atoms with Gasteiger partial charge in [-0.3, -0.25) is 4.79 Å². The molecule has 3 rings (SSSR count). The Bertz CT molecular complexity index is 828. The Morgan fingerprint density at radius 2 is 1.72 bits per heavy atom. The third kappa shape index (κ3) is 1.49. The number of benzene rings is 2. The maximum Gasteiger partial charge on any atom is 0.196 e. The molecule has 1 nitrogen and oxygen atoms in total. The van der Waals surface area contributed by atoms with Gasteiger partial charge < -0.3 is 0 Å². The highest BCUT2D eigenvalue weighted by Crippen LogP contribution is 2.30. The first-order valence-electron chi connectivity index (χ1n) is 6.02. The quantitative estimate of drug-likeness (QED) is 0.545. The van der Waals surface area contributed by atoms with E-state index < -0.39 is 0 Å². The summed E-state index contributed by atoms with van der Waals surface area (Å²) < 4.78 is 2.20. The van der Waals surface area contributed by atoms with E-state index in [4.69, 9.17) is 0 Å². The topological polar surface area (TPSA) is 17.1 Å². The van der Waals surface area contributed by atoms with E-state index in [2.05, 4.69) is 19.9 Å². The van der Waals surface area contributed by atoms with Crippen molar-refractivity contribution in [3.05, 3.63) is 57.2 Å². The fourth-order valence-corrected chi connectivity index (χ4v) is 3.66. The van der Waals surface area contributed by atoms with Crippen LogP contribution in [0.15, 0.2) is 35.1 Å². The van der Waals surface area contributed by atoms with Gasteiger partial charge in [-0.2, -0.15) is 0 Å². The summed E-state index contributed by atoms with van der Waals surface area (Å²) >= 11 is 1.71. The molecule has 0 aliphatic rings. The average Bonchev–Trinajstić information content (AvgIpc) is 2.36. The lowest BCUT2D eigenvalue weighted by Crippen LogP contribution is -2.04. The molecule has 0 unspecified atom stereocenters. The second-order valence-electron chi connectivity index (χ2n) is 4.77. The molecule has 18 heavy (non-hydrogen) atoms. The van der Waals surface area contributed by atoms with Crippen LogP contribution in [0.4, 0.5) is 0 Å². The molecule has 0 saturated carbocycles. The summed E-state index contributed by atoms with van der Waals surface area (Å²) in [6.45, 7) is 6.19. The highest BCUT2D eigenvalue weighted by molar-refractivity contribution is 7.24. The Hall–Kier alpha value is -1.67. The molecule has 0 N–H and O–H groups in total. The lowest BCUT2D eigenvalue weighted by Gasteiger charge is -2.09. The summed E-state index contributed by atoms with van der Waals surface area (Å²) in [5.41, 5.74) is 3.67. The van der Waals surface area contributed by atoms with Crippen LogP contribution in [0.5, 0.6) is 0 Å². The zero-order valence-corrected chi connectivity index (χ0v) is 11.5. The molecule has 0 saturated heterocycles. The van der Waals surface area contributed by atoms with Crippen LogP contribution in [0.25, 0.3) is 20.2 Å². The van der Waals surface area contributed by atoms with Crippen LogP contribution in [0.3, 0.4) is 0 Å². The van der Waals surface area contributed by atoms with E-state index in [-0.39, 0.29) is 5.43 Å². The molecule has 3 aromatic rings. The van der Waals surface area contributed by atoms with Crippen LogP contribution in [-0.4, -0.2) is 0 Å². The van der Waals surface area contributed by atoms with E-state index in [1.165, 1.54) is 11.1 Å². The second kappa shape index (κ2) is 3.92. The molecule has 0 radical (unpaired) electrons. The number of hydrogen-bond donors (Lipinski definition) is 0. The zero-order chi connectivity index (χ0) is 12.9. The van der Waals surface area contributed by atoms with Crippen LogP contribution in [0, 0.1) is 20.8 Å². The molecule has 90 valence electrons. The van der Waals surface area contributed by atoms with Crippen molar-refractivity contribution in [1.29, 1.82) is 0 Å². The molecule has 1 heterocycles. The first-order valence-corrected chi connectivity index (χ1v) is 6.83. The zero-order valence-electron chi connectivity index (χ0n) is 10.7. The standard InChI is InChI=1S/C16H14OS/c1-9-8-10(2)16-14(11(9)3)15(17)12-6-4-5-7-13(12)18-16/h4-8H,1-3H3. The minimum absolute atomic E-state index is 0.170. The van der Waals surface area contributed by atoms with Crippen molar-refractivity contribution in [2.45, 2.75) is 20.8 Å². The highest BCUT2D eigenvalue weighted by Gasteiger charge is 2.11. The van der Waals surface area contributed by atoms with Crippen LogP contribution < -0.4 is 5.43 Å². The van der Waals surface area contributed by atoms with E-state index in [1.54, 1.807) is 11.3 Å². The Balaban J connectivity index is 2.69. The molecular weight excluding hydrogens is 240 g/mol. The van der Waals surface area contributed by atoms with E-state index in [9.17, 15) is 4.79 Å². The normalized spacial score (nSPS) is 11.3. The van der Waals surface area contributed by atoms with Crippen molar-refractivity contribution in [2.75, 3.05) is 0 Å². The Morgan fingerprint density at radius 1 is 1.00 bits per heavy atom. The Morgan fingerprint density at radius 3 is 2.50 bits per heavy atom. The van der Waals surface area contributed by atoms with Crippen molar-refractivity contribution >= 4 is 31.5 Å². The summed E-state index contributed by atoms with van der Waals surface area (Å²) in [6, 6.07) is 10.0. The SMILES string of the molecule is Cc1cc(C)c2sc3ccccc3c(=O)c2c1C. The van der Waals surface area contributed by atoms with Crippen molar-refractivity contribution in [3.8, 4) is 0 Å². The molecule has 2 heteroatoms. The molecule has 0 aliphatic carbocycles. The molecule has 0 atom stereocenters. The lowest BCUT2D eigenvalue weighted by molar-refractivity contribution is 1.35. The fourth-order valence-electron chi connectivity index (χ4n) is 2.46. The molecule has 0 fully saturated rings. The van der Waals surface area contributed by atoms with Crippen LogP contribution >= 0.6 is 11.3 Å². The third-order valence-corrected chi connectivity index (χ3v) is 4.86. The number of fused-ring (bicyclic) bond motifs is 2. The molecule has 0 spiro atoms. The molecular formula is C16H14OS. The number of rotatable bonds is 0. The first kappa shape index (κ1) is 11.4. The predicted molar refractivity (Wildman–Crippen MR) is 79.8 cm³/mol. The minimum Gasteiger partial charge on any atom is -0.288 e. The van der Waals surface area contributed by atoms with Gasteiger partial charge in [-0.15, -0.1) is 11.3 Å². The van der Waals surface area contributed by atoms with Gasteiger partial charge in [-0.05, 0) is 49.6 Å². The van der Waals surface area contributed by atoms with Gasteiger partial charge in [0.05, 0.1) is 0 Å². The Labute approximate surface area is 110 Å². The smallest absolute Gasteiger partial charge is 0.196 e. The van der Waals surface area contributed by atoms with E-state index in [1.807, 2.05) is 31.2 Å². The van der Waals surface area contributed by atoms with Crippen molar-refractivity contribution < 1.29 is 0 Å². The maximum absolute atomic E-state index is 12.6. The van der Waals surface area contributed by atoms with Gasteiger partial charge in [0, 0.05) is 20.2 Å².